The lowest BCUT2D eigenvalue weighted by Gasteiger charge is -2.24. The molecule has 3 rings (SSSR count). The number of amides is 1. The predicted octanol–water partition coefficient (Wildman–Crippen LogP) is 3.69. The highest BCUT2D eigenvalue weighted by molar-refractivity contribution is 7.99. The van der Waals surface area contributed by atoms with Gasteiger partial charge < -0.3 is 14.4 Å². The number of nitrogens with zero attached hydrogens (tertiary/aromatic N) is 2. The summed E-state index contributed by atoms with van der Waals surface area (Å²) < 4.78 is 5.73. The van der Waals surface area contributed by atoms with Crippen molar-refractivity contribution < 1.29 is 19.1 Å². The number of carbonyl (C=O) groups excluding carboxylic acids is 1. The van der Waals surface area contributed by atoms with Gasteiger partial charge in [-0.2, -0.15) is 0 Å². The van der Waals surface area contributed by atoms with E-state index in [1.165, 1.54) is 16.7 Å². The van der Waals surface area contributed by atoms with Crippen molar-refractivity contribution in [3.63, 3.8) is 0 Å². The van der Waals surface area contributed by atoms with Gasteiger partial charge in [0.2, 0.25) is 11.8 Å². The van der Waals surface area contributed by atoms with Crippen molar-refractivity contribution in [2.45, 2.75) is 36.8 Å². The number of hydrogen-bond donors (Lipinski definition) is 1. The Balaban J connectivity index is 1.58. The fraction of sp³-hybridized carbons (Fsp3) is 0.389. The molecule has 0 saturated carbocycles. The smallest absolute Gasteiger partial charge is 0.326 e. The first kappa shape index (κ1) is 18.8. The second-order valence-electron chi connectivity index (χ2n) is 6.11. The van der Waals surface area contributed by atoms with Crippen molar-refractivity contribution in [2.75, 3.05) is 6.54 Å². The minimum Gasteiger partial charge on any atom is -0.480 e. The number of hydrogen-bond acceptors (Lipinski definition) is 5. The molecule has 1 N–H and O–H groups in total. The van der Waals surface area contributed by atoms with Crippen molar-refractivity contribution in [1.82, 2.24) is 9.88 Å². The largest absolute Gasteiger partial charge is 0.480 e. The number of oxazole rings is 1. The Morgan fingerprint density at radius 3 is 2.85 bits per heavy atom. The molecular weight excluding hydrogens is 376 g/mol. The van der Waals surface area contributed by atoms with E-state index < -0.39 is 12.0 Å². The summed E-state index contributed by atoms with van der Waals surface area (Å²) in [6, 6.07) is 6.56. The molecule has 0 aliphatic carbocycles. The second kappa shape index (κ2) is 8.14. The van der Waals surface area contributed by atoms with Gasteiger partial charge in [-0.05, 0) is 44.0 Å². The van der Waals surface area contributed by atoms with Gasteiger partial charge in [0.05, 0.1) is 17.2 Å². The van der Waals surface area contributed by atoms with Crippen molar-refractivity contribution >= 4 is 35.2 Å². The van der Waals surface area contributed by atoms with Crippen LogP contribution < -0.4 is 0 Å². The van der Waals surface area contributed by atoms with Crippen LogP contribution in [0.1, 0.15) is 25.7 Å². The normalized spacial score (nSPS) is 18.1. The summed E-state index contributed by atoms with van der Waals surface area (Å²) in [6.45, 7) is 2.29. The SMILES string of the molecule is CC(SCc1ncc(-c2ccc(Cl)cc2)o1)C(=O)N1CCC[C@@H]1C(=O)O. The number of aliphatic carboxylic acids is 1. The number of rotatable bonds is 6. The van der Waals surface area contributed by atoms with Crippen LogP contribution in [0, 0.1) is 0 Å². The molecule has 2 atom stereocenters. The third-order valence-electron chi connectivity index (χ3n) is 4.31. The molecule has 2 heterocycles. The van der Waals surface area contributed by atoms with E-state index in [0.29, 0.717) is 35.4 Å². The van der Waals surface area contributed by atoms with E-state index in [2.05, 4.69) is 4.98 Å². The molecule has 26 heavy (non-hydrogen) atoms. The average Bonchev–Trinajstić information content (AvgIpc) is 3.29. The van der Waals surface area contributed by atoms with E-state index in [4.69, 9.17) is 16.0 Å². The zero-order valence-electron chi connectivity index (χ0n) is 14.2. The maximum Gasteiger partial charge on any atom is 0.326 e. The zero-order chi connectivity index (χ0) is 18.7. The summed E-state index contributed by atoms with van der Waals surface area (Å²) in [4.78, 5) is 29.5. The summed E-state index contributed by atoms with van der Waals surface area (Å²) in [6.07, 6.45) is 2.89. The fourth-order valence-electron chi connectivity index (χ4n) is 2.91. The molecule has 1 aliphatic heterocycles. The number of likely N-dealkylation sites (tertiary alicyclic amines) is 1. The summed E-state index contributed by atoms with van der Waals surface area (Å²) in [7, 11) is 0. The minimum atomic E-state index is -0.937. The molecule has 1 aromatic heterocycles. The molecule has 2 aromatic rings. The predicted molar refractivity (Wildman–Crippen MR) is 100 cm³/mol. The molecule has 0 radical (unpaired) electrons. The van der Waals surface area contributed by atoms with E-state index in [-0.39, 0.29) is 11.2 Å². The number of carboxylic acid groups (broad SMARTS) is 1. The first-order valence-electron chi connectivity index (χ1n) is 8.31. The topological polar surface area (TPSA) is 83.6 Å². The van der Waals surface area contributed by atoms with Crippen molar-refractivity contribution in [1.29, 1.82) is 0 Å². The quantitative estimate of drug-likeness (QED) is 0.804. The highest BCUT2D eigenvalue weighted by Crippen LogP contribution is 2.27. The van der Waals surface area contributed by atoms with E-state index in [0.717, 1.165) is 12.0 Å². The molecule has 1 aliphatic rings. The van der Waals surface area contributed by atoms with Crippen molar-refractivity contribution in [3.05, 3.63) is 41.4 Å². The fourth-order valence-corrected chi connectivity index (χ4v) is 3.84. The van der Waals surface area contributed by atoms with Gasteiger partial charge in [-0.3, -0.25) is 4.79 Å². The number of carbonyl (C=O) groups is 2. The number of aromatic nitrogens is 1. The van der Waals surface area contributed by atoms with Crippen LogP contribution >= 0.6 is 23.4 Å². The maximum absolute atomic E-state index is 12.5. The number of benzene rings is 1. The lowest BCUT2D eigenvalue weighted by atomic mass is 10.2. The van der Waals surface area contributed by atoms with Gasteiger partial charge >= 0.3 is 5.97 Å². The van der Waals surface area contributed by atoms with Crippen LogP contribution in [0.15, 0.2) is 34.9 Å². The molecular formula is C18H19ClN2O4S. The van der Waals surface area contributed by atoms with Gasteiger partial charge in [0.1, 0.15) is 6.04 Å². The van der Waals surface area contributed by atoms with Gasteiger partial charge in [0, 0.05) is 17.1 Å². The third kappa shape index (κ3) is 4.22. The number of carboxylic acids is 1. The summed E-state index contributed by atoms with van der Waals surface area (Å²) in [5.74, 6) is 0.516. The third-order valence-corrected chi connectivity index (χ3v) is 5.68. The Morgan fingerprint density at radius 2 is 2.15 bits per heavy atom. The molecule has 1 unspecified atom stereocenters. The molecule has 8 heteroatoms. The van der Waals surface area contributed by atoms with Gasteiger partial charge in [-0.15, -0.1) is 11.8 Å². The van der Waals surface area contributed by atoms with E-state index in [1.54, 1.807) is 25.3 Å². The molecule has 1 aromatic carbocycles. The summed E-state index contributed by atoms with van der Waals surface area (Å²) in [5, 5.41) is 9.51. The first-order valence-corrected chi connectivity index (χ1v) is 9.74. The van der Waals surface area contributed by atoms with Crippen LogP contribution in [0.4, 0.5) is 0 Å². The maximum atomic E-state index is 12.5. The molecule has 1 fully saturated rings. The van der Waals surface area contributed by atoms with Crippen LogP contribution in [-0.2, 0) is 15.3 Å². The Bertz CT molecular complexity index is 793. The molecule has 138 valence electrons. The molecule has 0 bridgehead atoms. The standard InChI is InChI=1S/C18H19ClN2O4S/c1-11(17(22)21-8-2-3-14(21)18(23)24)26-10-16-20-9-15(25-16)12-4-6-13(19)7-5-12/h4-7,9,11,14H,2-3,8,10H2,1H3,(H,23,24)/t11?,14-/m1/s1. The Labute approximate surface area is 160 Å². The number of thioether (sulfide) groups is 1. The van der Waals surface area contributed by atoms with Gasteiger partial charge in [0.25, 0.3) is 0 Å². The van der Waals surface area contributed by atoms with Crippen molar-refractivity contribution in [3.8, 4) is 11.3 Å². The van der Waals surface area contributed by atoms with Gasteiger partial charge in [0.15, 0.2) is 5.76 Å². The Morgan fingerprint density at radius 1 is 1.42 bits per heavy atom. The van der Waals surface area contributed by atoms with Crippen LogP contribution in [0.25, 0.3) is 11.3 Å². The minimum absolute atomic E-state index is 0.149. The second-order valence-corrected chi connectivity index (χ2v) is 7.87. The van der Waals surface area contributed by atoms with Crippen molar-refractivity contribution in [2.24, 2.45) is 0 Å². The number of halogens is 1. The molecule has 1 saturated heterocycles. The van der Waals surface area contributed by atoms with Crippen LogP contribution in [0.2, 0.25) is 5.02 Å². The highest BCUT2D eigenvalue weighted by atomic mass is 35.5. The van der Waals surface area contributed by atoms with E-state index in [1.807, 2.05) is 12.1 Å². The van der Waals surface area contributed by atoms with Crippen LogP contribution in [0.5, 0.6) is 0 Å². The van der Waals surface area contributed by atoms with E-state index in [9.17, 15) is 14.7 Å². The van der Waals surface area contributed by atoms with E-state index >= 15 is 0 Å². The molecule has 6 nitrogen and oxygen atoms in total. The molecule has 1 amide bonds. The highest BCUT2D eigenvalue weighted by Gasteiger charge is 2.35. The van der Waals surface area contributed by atoms with Gasteiger partial charge in [-0.25, -0.2) is 9.78 Å². The Kier molecular flexibility index (Phi) is 5.88. The van der Waals surface area contributed by atoms with Gasteiger partial charge in [-0.1, -0.05) is 11.6 Å². The lowest BCUT2D eigenvalue weighted by Crippen LogP contribution is -2.43. The average molecular weight is 395 g/mol. The summed E-state index contributed by atoms with van der Waals surface area (Å²) >= 11 is 7.27. The monoisotopic (exact) mass is 394 g/mol. The lowest BCUT2D eigenvalue weighted by molar-refractivity contribution is -0.147. The first-order chi connectivity index (χ1) is 12.5. The van der Waals surface area contributed by atoms with Crippen LogP contribution in [-0.4, -0.2) is 44.7 Å². The van der Waals surface area contributed by atoms with Crippen LogP contribution in [0.3, 0.4) is 0 Å². The Hall–Kier alpha value is -1.99. The molecule has 0 spiro atoms. The summed E-state index contributed by atoms with van der Waals surface area (Å²) in [5.41, 5.74) is 0.878. The zero-order valence-corrected chi connectivity index (χ0v) is 15.8.